The van der Waals surface area contributed by atoms with Crippen LogP contribution in [0.2, 0.25) is 0 Å². The number of amides is 2. The molecule has 0 bridgehead atoms. The lowest BCUT2D eigenvalue weighted by Gasteiger charge is -2.20. The van der Waals surface area contributed by atoms with Crippen LogP contribution in [0.3, 0.4) is 0 Å². The normalized spacial score (nSPS) is 18.2. The second-order valence-electron chi connectivity index (χ2n) is 8.06. The van der Waals surface area contributed by atoms with Crippen molar-refractivity contribution in [3.63, 3.8) is 0 Å². The van der Waals surface area contributed by atoms with Crippen LogP contribution in [0.15, 0.2) is 60.9 Å². The number of hydrogen-bond donors (Lipinski definition) is 4. The molecule has 2 unspecified atom stereocenters. The standard InChI is InChI=1S/C24H27N7O/c1-16-10-19(8-9-26-16)28-21-13-27-23(11-18(21)12-25)30-24(32)29-22-15-31(2)14-20(22)17-6-4-3-5-7-17/h3-13,20,22,25H,14-15H2,1-2H3,(H,26,28)(H2,27,29,30,32). The van der Waals surface area contributed by atoms with Crippen molar-refractivity contribution in [2.75, 3.05) is 30.8 Å². The Kier molecular flexibility index (Phi) is 6.42. The second-order valence-corrected chi connectivity index (χ2v) is 8.06. The number of anilines is 3. The van der Waals surface area contributed by atoms with E-state index in [2.05, 4.69) is 50.0 Å². The quantitative estimate of drug-likeness (QED) is 0.447. The van der Waals surface area contributed by atoms with Crippen molar-refractivity contribution < 1.29 is 4.79 Å². The van der Waals surface area contributed by atoms with Crippen molar-refractivity contribution in [3.8, 4) is 0 Å². The lowest BCUT2D eigenvalue weighted by Crippen LogP contribution is -2.42. The molecular formula is C24H27N7O. The van der Waals surface area contributed by atoms with Crippen LogP contribution in [-0.2, 0) is 0 Å². The van der Waals surface area contributed by atoms with E-state index in [1.807, 2.05) is 37.3 Å². The van der Waals surface area contributed by atoms with Crippen LogP contribution in [0.1, 0.15) is 22.7 Å². The smallest absolute Gasteiger partial charge is 0.320 e. The van der Waals surface area contributed by atoms with Crippen molar-refractivity contribution in [3.05, 3.63) is 77.7 Å². The summed E-state index contributed by atoms with van der Waals surface area (Å²) < 4.78 is 0. The summed E-state index contributed by atoms with van der Waals surface area (Å²) in [6.45, 7) is 3.58. The Morgan fingerprint density at radius 1 is 1.16 bits per heavy atom. The molecule has 1 saturated heterocycles. The van der Waals surface area contributed by atoms with Gasteiger partial charge in [0.25, 0.3) is 0 Å². The highest BCUT2D eigenvalue weighted by Gasteiger charge is 2.33. The molecule has 3 aromatic rings. The molecule has 8 heteroatoms. The number of carbonyl (C=O) groups excluding carboxylic acids is 1. The van der Waals surface area contributed by atoms with Crippen LogP contribution < -0.4 is 16.0 Å². The second kappa shape index (κ2) is 9.57. The molecule has 4 rings (SSSR count). The monoisotopic (exact) mass is 429 g/mol. The van der Waals surface area contributed by atoms with Crippen molar-refractivity contribution in [2.45, 2.75) is 18.9 Å². The Balaban J connectivity index is 1.43. The Morgan fingerprint density at radius 3 is 2.72 bits per heavy atom. The summed E-state index contributed by atoms with van der Waals surface area (Å²) in [6, 6.07) is 15.4. The topological polar surface area (TPSA) is 106 Å². The zero-order valence-corrected chi connectivity index (χ0v) is 18.2. The summed E-state index contributed by atoms with van der Waals surface area (Å²) in [5, 5.41) is 16.9. The third-order valence-corrected chi connectivity index (χ3v) is 5.56. The van der Waals surface area contributed by atoms with Crippen molar-refractivity contribution >= 4 is 29.4 Å². The molecule has 164 valence electrons. The molecule has 0 radical (unpaired) electrons. The van der Waals surface area contributed by atoms with E-state index >= 15 is 0 Å². The Hall–Kier alpha value is -3.78. The molecule has 32 heavy (non-hydrogen) atoms. The Morgan fingerprint density at radius 2 is 1.97 bits per heavy atom. The Labute approximate surface area is 187 Å². The van der Waals surface area contributed by atoms with E-state index in [4.69, 9.17) is 5.41 Å². The number of aryl methyl sites for hydroxylation is 1. The van der Waals surface area contributed by atoms with Gasteiger partial charge in [0.05, 0.1) is 17.9 Å². The summed E-state index contributed by atoms with van der Waals surface area (Å²) in [5.74, 6) is 0.618. The van der Waals surface area contributed by atoms with Gasteiger partial charge in [-0.15, -0.1) is 0 Å². The van der Waals surface area contributed by atoms with Crippen molar-refractivity contribution in [2.24, 2.45) is 0 Å². The molecule has 1 fully saturated rings. The Bertz CT molecular complexity index is 1100. The van der Waals surface area contributed by atoms with Gasteiger partial charge in [-0.25, -0.2) is 9.78 Å². The molecular weight excluding hydrogens is 402 g/mol. The number of nitrogens with zero attached hydrogens (tertiary/aromatic N) is 3. The van der Waals surface area contributed by atoms with Crippen LogP contribution in [0.5, 0.6) is 0 Å². The fourth-order valence-corrected chi connectivity index (χ4v) is 4.05. The van der Waals surface area contributed by atoms with Gasteiger partial charge in [-0.2, -0.15) is 0 Å². The summed E-state index contributed by atoms with van der Waals surface area (Å²) in [4.78, 5) is 23.5. The van der Waals surface area contributed by atoms with Gasteiger partial charge < -0.3 is 20.9 Å². The van der Waals surface area contributed by atoms with Crippen LogP contribution in [-0.4, -0.2) is 53.3 Å². The summed E-state index contributed by atoms with van der Waals surface area (Å²) in [5.41, 5.74) is 4.26. The number of hydrogen-bond acceptors (Lipinski definition) is 6. The van der Waals surface area contributed by atoms with Crippen LogP contribution in [0.4, 0.5) is 22.0 Å². The fraction of sp³-hybridized carbons (Fsp3) is 0.250. The molecule has 0 saturated carbocycles. The lowest BCUT2D eigenvalue weighted by atomic mass is 9.94. The van der Waals surface area contributed by atoms with Gasteiger partial charge in [0.1, 0.15) is 5.82 Å². The number of benzene rings is 1. The molecule has 3 heterocycles. The van der Waals surface area contributed by atoms with Gasteiger partial charge in [0.2, 0.25) is 0 Å². The third kappa shape index (κ3) is 5.09. The summed E-state index contributed by atoms with van der Waals surface area (Å²) in [7, 11) is 2.06. The summed E-state index contributed by atoms with van der Waals surface area (Å²) in [6.07, 6.45) is 4.57. The molecule has 4 N–H and O–H groups in total. The van der Waals surface area contributed by atoms with E-state index in [9.17, 15) is 4.79 Å². The number of aromatic nitrogens is 2. The average molecular weight is 430 g/mol. The predicted molar refractivity (Wildman–Crippen MR) is 127 cm³/mol. The summed E-state index contributed by atoms with van der Waals surface area (Å²) >= 11 is 0. The minimum atomic E-state index is -0.305. The van der Waals surface area contributed by atoms with Gasteiger partial charge in [-0.1, -0.05) is 30.3 Å². The molecule has 0 aliphatic carbocycles. The van der Waals surface area contributed by atoms with Crippen LogP contribution in [0.25, 0.3) is 0 Å². The predicted octanol–water partition coefficient (Wildman–Crippen LogP) is 3.75. The SMILES string of the molecule is Cc1cc(Nc2cnc(NC(=O)NC3CN(C)CC3c3ccccc3)cc2C=N)ccn1. The largest absolute Gasteiger partial charge is 0.354 e. The van der Waals surface area contributed by atoms with E-state index < -0.39 is 0 Å². The van der Waals surface area contributed by atoms with Gasteiger partial charge >= 0.3 is 6.03 Å². The molecule has 1 aromatic carbocycles. The maximum absolute atomic E-state index is 12.7. The average Bonchev–Trinajstić information content (AvgIpc) is 3.15. The highest BCUT2D eigenvalue weighted by atomic mass is 16.2. The first kappa shape index (κ1) is 21.5. The number of likely N-dealkylation sites (N-methyl/N-ethyl adjacent to an activating group) is 1. The van der Waals surface area contributed by atoms with E-state index in [-0.39, 0.29) is 18.0 Å². The molecule has 1 aliphatic heterocycles. The molecule has 2 atom stereocenters. The lowest BCUT2D eigenvalue weighted by molar-refractivity contribution is 0.247. The van der Waals surface area contributed by atoms with E-state index in [0.717, 1.165) is 24.5 Å². The van der Waals surface area contributed by atoms with E-state index in [1.165, 1.54) is 11.8 Å². The van der Waals surface area contributed by atoms with Crippen LogP contribution in [0, 0.1) is 12.3 Å². The van der Waals surface area contributed by atoms with Gasteiger partial charge in [-0.05, 0) is 37.7 Å². The third-order valence-electron chi connectivity index (χ3n) is 5.56. The highest BCUT2D eigenvalue weighted by molar-refractivity contribution is 5.92. The van der Waals surface area contributed by atoms with Crippen molar-refractivity contribution in [1.82, 2.24) is 20.2 Å². The number of nitrogens with one attached hydrogen (secondary N) is 4. The maximum Gasteiger partial charge on any atom is 0.320 e. The van der Waals surface area contributed by atoms with E-state index in [1.54, 1.807) is 18.5 Å². The molecule has 8 nitrogen and oxygen atoms in total. The number of carbonyl (C=O) groups is 1. The number of pyridine rings is 2. The van der Waals surface area contributed by atoms with Gasteiger partial charge in [0.15, 0.2) is 0 Å². The number of likely N-dealkylation sites (tertiary alicyclic amines) is 1. The molecule has 2 amide bonds. The zero-order valence-electron chi connectivity index (χ0n) is 18.2. The fourth-order valence-electron chi connectivity index (χ4n) is 4.05. The minimum Gasteiger partial charge on any atom is -0.354 e. The van der Waals surface area contributed by atoms with Gasteiger partial charge in [-0.3, -0.25) is 10.3 Å². The van der Waals surface area contributed by atoms with Crippen LogP contribution >= 0.6 is 0 Å². The first-order chi connectivity index (χ1) is 15.5. The number of rotatable bonds is 6. The highest BCUT2D eigenvalue weighted by Crippen LogP contribution is 2.27. The molecule has 1 aliphatic rings. The van der Waals surface area contributed by atoms with Crippen molar-refractivity contribution in [1.29, 1.82) is 5.41 Å². The molecule has 2 aromatic heterocycles. The first-order valence-corrected chi connectivity index (χ1v) is 10.5. The number of urea groups is 1. The zero-order chi connectivity index (χ0) is 22.5. The van der Waals surface area contributed by atoms with Gasteiger partial charge in [0, 0.05) is 48.4 Å². The minimum absolute atomic E-state index is 0.000442. The maximum atomic E-state index is 12.7. The first-order valence-electron chi connectivity index (χ1n) is 10.5. The van der Waals surface area contributed by atoms with E-state index in [0.29, 0.717) is 17.1 Å². The molecule has 0 spiro atoms.